The van der Waals surface area contributed by atoms with Gasteiger partial charge in [-0.3, -0.25) is 4.79 Å². The van der Waals surface area contributed by atoms with Gasteiger partial charge >= 0.3 is 0 Å². The largest absolute Gasteiger partial charge is 0.493 e. The van der Waals surface area contributed by atoms with Crippen molar-refractivity contribution < 1.29 is 13.9 Å². The molecule has 0 aliphatic heterocycles. The molecule has 7 nitrogen and oxygen atoms in total. The van der Waals surface area contributed by atoms with E-state index in [1.54, 1.807) is 61.9 Å². The lowest BCUT2D eigenvalue weighted by atomic mass is 10.1. The van der Waals surface area contributed by atoms with Crippen LogP contribution in [0.3, 0.4) is 0 Å². The Kier molecular flexibility index (Phi) is 7.34. The highest BCUT2D eigenvalue weighted by Crippen LogP contribution is 2.34. The second-order valence-electron chi connectivity index (χ2n) is 9.41. The highest BCUT2D eigenvalue weighted by atomic mass is 79.9. The molecule has 9 heteroatoms. The highest BCUT2D eigenvalue weighted by Gasteiger charge is 2.17. The summed E-state index contributed by atoms with van der Waals surface area (Å²) in [5.41, 5.74) is 3.72. The van der Waals surface area contributed by atoms with Crippen LogP contribution in [0.5, 0.6) is 11.5 Å². The van der Waals surface area contributed by atoms with Crippen molar-refractivity contribution >= 4 is 55.6 Å². The molecule has 2 aromatic heterocycles. The molecule has 0 fully saturated rings. The third kappa shape index (κ3) is 5.49. The Hall–Kier alpha value is -4.40. The maximum atomic E-state index is 13.6. The Morgan fingerprint density at radius 3 is 2.71 bits per heavy atom. The molecule has 0 saturated carbocycles. The van der Waals surface area contributed by atoms with Crippen LogP contribution in [0.4, 0.5) is 0 Å². The number of hydrogen-bond acceptors (Lipinski definition) is 6. The van der Waals surface area contributed by atoms with Gasteiger partial charge in [-0.05, 0) is 76.9 Å². The minimum absolute atomic E-state index is 0.262. The molecule has 0 N–H and O–H groups in total. The van der Waals surface area contributed by atoms with Crippen molar-refractivity contribution in [3.05, 3.63) is 121 Å². The van der Waals surface area contributed by atoms with Gasteiger partial charge in [0.1, 0.15) is 12.2 Å². The summed E-state index contributed by atoms with van der Waals surface area (Å²) in [6, 6.07) is 26.0. The van der Waals surface area contributed by atoms with Crippen LogP contribution < -0.4 is 15.0 Å². The molecule has 204 valence electrons. The first kappa shape index (κ1) is 26.8. The fraction of sp³-hybridized carbons (Fsp3) is 0.0938. The van der Waals surface area contributed by atoms with Gasteiger partial charge < -0.3 is 13.9 Å². The third-order valence-electron chi connectivity index (χ3n) is 6.52. The Morgan fingerprint density at radius 2 is 1.88 bits per heavy atom. The molecule has 0 spiro atoms. The smallest absolute Gasteiger partial charge is 0.282 e. The SMILES string of the molecule is COc1cc(C=Nn2c(-c3cc4cc(Cl)ccc4o3)nc3ccccc3c2=O)c(Br)cc1OCc1cccc(C)c1. The van der Waals surface area contributed by atoms with E-state index in [1.807, 2.05) is 37.3 Å². The number of hydrogen-bond donors (Lipinski definition) is 0. The number of rotatable bonds is 7. The molecule has 0 unspecified atom stereocenters. The van der Waals surface area contributed by atoms with E-state index in [9.17, 15) is 4.79 Å². The van der Waals surface area contributed by atoms with Crippen LogP contribution in [0.2, 0.25) is 5.02 Å². The molecule has 41 heavy (non-hydrogen) atoms. The predicted molar refractivity (Wildman–Crippen MR) is 165 cm³/mol. The number of halogens is 2. The second-order valence-corrected chi connectivity index (χ2v) is 10.7. The first-order chi connectivity index (χ1) is 19.9. The molecule has 0 bridgehead atoms. The quantitative estimate of drug-likeness (QED) is 0.167. The van der Waals surface area contributed by atoms with E-state index in [0.717, 1.165) is 16.5 Å². The van der Waals surface area contributed by atoms with Gasteiger partial charge in [-0.1, -0.05) is 53.6 Å². The minimum atomic E-state index is -0.332. The Morgan fingerprint density at radius 1 is 1.02 bits per heavy atom. The van der Waals surface area contributed by atoms with E-state index in [2.05, 4.69) is 27.1 Å². The number of methoxy groups -OCH3 is 1. The molecule has 0 amide bonds. The number of aryl methyl sites for hydroxylation is 1. The maximum Gasteiger partial charge on any atom is 0.282 e. The molecule has 2 heterocycles. The van der Waals surface area contributed by atoms with Gasteiger partial charge in [0.05, 0.1) is 24.2 Å². The summed E-state index contributed by atoms with van der Waals surface area (Å²) in [7, 11) is 1.58. The van der Waals surface area contributed by atoms with E-state index in [1.165, 1.54) is 4.68 Å². The summed E-state index contributed by atoms with van der Waals surface area (Å²) < 4.78 is 19.7. The summed E-state index contributed by atoms with van der Waals surface area (Å²) in [5, 5.41) is 6.37. The van der Waals surface area contributed by atoms with E-state index in [4.69, 9.17) is 30.5 Å². The minimum Gasteiger partial charge on any atom is -0.493 e. The van der Waals surface area contributed by atoms with Gasteiger partial charge in [0.15, 0.2) is 17.3 Å². The normalized spacial score (nSPS) is 11.5. The van der Waals surface area contributed by atoms with Crippen LogP contribution in [-0.4, -0.2) is 23.0 Å². The van der Waals surface area contributed by atoms with E-state index in [-0.39, 0.29) is 11.4 Å². The van der Waals surface area contributed by atoms with Gasteiger partial charge in [-0.15, -0.1) is 0 Å². The molecule has 6 rings (SSSR count). The summed E-state index contributed by atoms with van der Waals surface area (Å²) in [6.45, 7) is 2.43. The van der Waals surface area contributed by atoms with Crippen molar-refractivity contribution in [3.8, 4) is 23.1 Å². The zero-order chi connectivity index (χ0) is 28.5. The average Bonchev–Trinajstić information content (AvgIpc) is 3.39. The van der Waals surface area contributed by atoms with Gasteiger partial charge in [0.25, 0.3) is 5.56 Å². The third-order valence-corrected chi connectivity index (χ3v) is 7.45. The number of para-hydroxylation sites is 1. The number of fused-ring (bicyclic) bond motifs is 2. The van der Waals surface area contributed by atoms with Crippen LogP contribution in [0.15, 0.2) is 104 Å². The Bertz CT molecular complexity index is 2020. The topological polar surface area (TPSA) is 78.9 Å². The molecule has 0 radical (unpaired) electrons. The lowest BCUT2D eigenvalue weighted by Crippen LogP contribution is -2.20. The van der Waals surface area contributed by atoms with Gasteiger partial charge in [-0.25, -0.2) is 4.98 Å². The average molecular weight is 629 g/mol. The van der Waals surface area contributed by atoms with Gasteiger partial charge in [0, 0.05) is 20.4 Å². The predicted octanol–water partition coefficient (Wildman–Crippen LogP) is 8.00. The van der Waals surface area contributed by atoms with Crippen molar-refractivity contribution in [1.29, 1.82) is 0 Å². The molecule has 0 saturated heterocycles. The van der Waals surface area contributed by atoms with E-state index < -0.39 is 0 Å². The number of benzene rings is 4. The monoisotopic (exact) mass is 627 g/mol. The zero-order valence-electron chi connectivity index (χ0n) is 22.1. The van der Waals surface area contributed by atoms with E-state index >= 15 is 0 Å². The maximum absolute atomic E-state index is 13.6. The summed E-state index contributed by atoms with van der Waals surface area (Å²) >= 11 is 9.79. The Labute approximate surface area is 248 Å². The van der Waals surface area contributed by atoms with Crippen molar-refractivity contribution in [2.24, 2.45) is 5.10 Å². The van der Waals surface area contributed by atoms with Crippen LogP contribution >= 0.6 is 27.5 Å². The first-order valence-corrected chi connectivity index (χ1v) is 13.9. The fourth-order valence-electron chi connectivity index (χ4n) is 4.52. The van der Waals surface area contributed by atoms with Crippen LogP contribution in [-0.2, 0) is 6.61 Å². The molecular formula is C32H23BrClN3O4. The van der Waals surface area contributed by atoms with Crippen LogP contribution in [0, 0.1) is 6.92 Å². The molecule has 0 aliphatic rings. The molecular weight excluding hydrogens is 606 g/mol. The summed E-state index contributed by atoms with van der Waals surface area (Å²) in [6.07, 6.45) is 1.57. The first-order valence-electron chi connectivity index (χ1n) is 12.7. The number of aromatic nitrogens is 2. The van der Waals surface area contributed by atoms with Crippen molar-refractivity contribution in [1.82, 2.24) is 9.66 Å². The second kappa shape index (κ2) is 11.2. The van der Waals surface area contributed by atoms with Gasteiger partial charge in [0.2, 0.25) is 5.82 Å². The number of nitrogens with zero attached hydrogens (tertiary/aromatic N) is 3. The summed E-state index contributed by atoms with van der Waals surface area (Å²) in [5.74, 6) is 1.75. The van der Waals surface area contributed by atoms with Crippen molar-refractivity contribution in [2.75, 3.05) is 7.11 Å². The lowest BCUT2D eigenvalue weighted by molar-refractivity contribution is 0.284. The molecule has 4 aromatic carbocycles. The van der Waals surface area contributed by atoms with Crippen LogP contribution in [0.25, 0.3) is 33.5 Å². The van der Waals surface area contributed by atoms with Gasteiger partial charge in [-0.2, -0.15) is 9.78 Å². The number of furan rings is 1. The highest BCUT2D eigenvalue weighted by molar-refractivity contribution is 9.10. The molecule has 0 atom stereocenters. The molecule has 6 aromatic rings. The van der Waals surface area contributed by atoms with Crippen LogP contribution in [0.1, 0.15) is 16.7 Å². The number of ether oxygens (including phenoxy) is 2. The van der Waals surface area contributed by atoms with E-state index in [0.29, 0.717) is 55.4 Å². The van der Waals surface area contributed by atoms with Crippen molar-refractivity contribution in [3.63, 3.8) is 0 Å². The Balaban J connectivity index is 1.40. The summed E-state index contributed by atoms with van der Waals surface area (Å²) in [4.78, 5) is 18.3. The van der Waals surface area contributed by atoms with Crippen molar-refractivity contribution in [2.45, 2.75) is 13.5 Å². The fourth-order valence-corrected chi connectivity index (χ4v) is 5.13. The zero-order valence-corrected chi connectivity index (χ0v) is 24.4. The lowest BCUT2D eigenvalue weighted by Gasteiger charge is -2.13. The molecule has 0 aliphatic carbocycles. The standard InChI is InChI=1S/C32H23BrClN3O4/c1-19-6-5-7-20(12-19)18-40-29-16-25(33)22(15-28(29)39-2)17-35-37-31(36-26-9-4-3-8-24(26)32(37)38)30-14-21-13-23(34)10-11-27(21)41-30/h3-17H,18H2,1-2H3.